The Kier molecular flexibility index (Phi) is 6.51. The first-order valence-electron chi connectivity index (χ1n) is 8.83. The number of benzene rings is 2. The van der Waals surface area contributed by atoms with E-state index in [1.807, 2.05) is 6.92 Å². The second kappa shape index (κ2) is 9.07. The fourth-order valence-corrected chi connectivity index (χ4v) is 3.08. The number of nitrogens with zero attached hydrogens (tertiary/aromatic N) is 2. The summed E-state index contributed by atoms with van der Waals surface area (Å²) in [6.45, 7) is 1.70. The number of esters is 1. The van der Waals surface area contributed by atoms with Crippen LogP contribution in [0.5, 0.6) is 0 Å². The molecule has 1 amide bonds. The summed E-state index contributed by atoms with van der Waals surface area (Å²) in [6, 6.07) is 11.4. The van der Waals surface area contributed by atoms with Gasteiger partial charge in [-0.1, -0.05) is 54.4 Å². The predicted octanol–water partition coefficient (Wildman–Crippen LogP) is 3.91. The van der Waals surface area contributed by atoms with Crippen LogP contribution in [0.15, 0.2) is 47.3 Å². The summed E-state index contributed by atoms with van der Waals surface area (Å²) in [4.78, 5) is 37.2. The number of ether oxygens (including phenoxy) is 1. The lowest BCUT2D eigenvalue weighted by atomic mass is 10.1. The highest BCUT2D eigenvalue weighted by molar-refractivity contribution is 6.44. The van der Waals surface area contributed by atoms with Crippen molar-refractivity contribution in [3.63, 3.8) is 0 Å². The van der Waals surface area contributed by atoms with Gasteiger partial charge in [-0.3, -0.25) is 9.59 Å². The lowest BCUT2D eigenvalue weighted by Gasteiger charge is -2.11. The van der Waals surface area contributed by atoms with E-state index in [1.165, 1.54) is 4.68 Å². The highest BCUT2D eigenvalue weighted by atomic mass is 35.5. The molecule has 1 N–H and O–H groups in total. The van der Waals surface area contributed by atoms with E-state index in [1.54, 1.807) is 42.5 Å². The molecule has 0 radical (unpaired) electrons. The van der Waals surface area contributed by atoms with Gasteiger partial charge in [-0.15, -0.1) is 0 Å². The SMILES string of the molecule is CCCn1nc(C(=O)OCC(=O)Nc2cccc(Cl)c2Cl)c2ccccc2c1=O. The third kappa shape index (κ3) is 4.58. The maximum absolute atomic E-state index is 12.6. The van der Waals surface area contributed by atoms with E-state index in [9.17, 15) is 14.4 Å². The van der Waals surface area contributed by atoms with Crippen LogP contribution >= 0.6 is 23.2 Å². The van der Waals surface area contributed by atoms with E-state index in [-0.39, 0.29) is 21.3 Å². The van der Waals surface area contributed by atoms with E-state index in [4.69, 9.17) is 27.9 Å². The molecule has 7 nitrogen and oxygen atoms in total. The van der Waals surface area contributed by atoms with Crippen LogP contribution in [0, 0.1) is 0 Å². The summed E-state index contributed by atoms with van der Waals surface area (Å²) >= 11 is 11.9. The molecular weight excluding hydrogens is 417 g/mol. The quantitative estimate of drug-likeness (QED) is 0.595. The highest BCUT2D eigenvalue weighted by Crippen LogP contribution is 2.29. The third-order valence-corrected chi connectivity index (χ3v) is 4.88. The lowest BCUT2D eigenvalue weighted by molar-refractivity contribution is -0.119. The van der Waals surface area contributed by atoms with E-state index >= 15 is 0 Å². The van der Waals surface area contributed by atoms with Crippen LogP contribution in [-0.4, -0.2) is 28.3 Å². The Morgan fingerprint density at radius 2 is 1.83 bits per heavy atom. The summed E-state index contributed by atoms with van der Waals surface area (Å²) in [5, 5.41) is 7.87. The Labute approximate surface area is 176 Å². The maximum atomic E-state index is 12.6. The van der Waals surface area contributed by atoms with Gasteiger partial charge < -0.3 is 10.1 Å². The van der Waals surface area contributed by atoms with Crippen molar-refractivity contribution in [2.24, 2.45) is 0 Å². The Bertz CT molecular complexity index is 1140. The Balaban J connectivity index is 1.79. The van der Waals surface area contributed by atoms with Gasteiger partial charge in [-0.05, 0) is 24.6 Å². The molecule has 0 fully saturated rings. The molecule has 0 aliphatic carbocycles. The minimum Gasteiger partial charge on any atom is -0.451 e. The monoisotopic (exact) mass is 433 g/mol. The van der Waals surface area contributed by atoms with Gasteiger partial charge in [0.25, 0.3) is 11.5 Å². The first-order chi connectivity index (χ1) is 13.9. The molecule has 3 aromatic rings. The minimum atomic E-state index is -0.807. The topological polar surface area (TPSA) is 90.3 Å². The number of anilines is 1. The number of amides is 1. The van der Waals surface area contributed by atoms with Crippen LogP contribution in [0.2, 0.25) is 10.0 Å². The Morgan fingerprint density at radius 1 is 1.10 bits per heavy atom. The molecule has 1 heterocycles. The molecule has 29 heavy (non-hydrogen) atoms. The molecule has 0 saturated heterocycles. The number of aromatic nitrogens is 2. The van der Waals surface area contributed by atoms with E-state index < -0.39 is 18.5 Å². The van der Waals surface area contributed by atoms with Gasteiger partial charge in [0.05, 0.1) is 21.1 Å². The Morgan fingerprint density at radius 3 is 2.55 bits per heavy atom. The molecule has 0 bridgehead atoms. The van der Waals surface area contributed by atoms with Crippen molar-refractivity contribution in [1.82, 2.24) is 9.78 Å². The summed E-state index contributed by atoms with van der Waals surface area (Å²) in [6.07, 6.45) is 0.669. The lowest BCUT2D eigenvalue weighted by Crippen LogP contribution is -2.27. The fourth-order valence-electron chi connectivity index (χ4n) is 2.74. The summed E-state index contributed by atoms with van der Waals surface area (Å²) in [5.74, 6) is -1.40. The number of nitrogens with one attached hydrogen (secondary N) is 1. The standard InChI is InChI=1S/C20H17Cl2N3O4/c1-2-10-25-19(27)13-7-4-3-6-12(13)18(24-25)20(28)29-11-16(26)23-15-9-5-8-14(21)17(15)22/h3-9H,2,10-11H2,1H3,(H,23,26). The molecule has 0 atom stereocenters. The number of carbonyl (C=O) groups is 2. The smallest absolute Gasteiger partial charge is 0.359 e. The highest BCUT2D eigenvalue weighted by Gasteiger charge is 2.19. The van der Waals surface area contributed by atoms with Crippen LogP contribution in [0.4, 0.5) is 5.69 Å². The first-order valence-corrected chi connectivity index (χ1v) is 9.58. The van der Waals surface area contributed by atoms with Crippen LogP contribution in [0.1, 0.15) is 23.8 Å². The zero-order valence-electron chi connectivity index (χ0n) is 15.4. The number of aryl methyl sites for hydroxylation is 1. The van der Waals surface area contributed by atoms with Crippen LogP contribution in [-0.2, 0) is 16.1 Å². The van der Waals surface area contributed by atoms with Crippen molar-refractivity contribution in [2.45, 2.75) is 19.9 Å². The van der Waals surface area contributed by atoms with Crippen molar-refractivity contribution in [1.29, 1.82) is 0 Å². The molecule has 3 rings (SSSR count). The average Bonchev–Trinajstić information content (AvgIpc) is 2.72. The minimum absolute atomic E-state index is 0.0257. The third-order valence-electron chi connectivity index (χ3n) is 4.06. The van der Waals surface area contributed by atoms with Gasteiger partial charge in [-0.25, -0.2) is 9.48 Å². The molecular formula is C20H17Cl2N3O4. The van der Waals surface area contributed by atoms with Crippen LogP contribution < -0.4 is 10.9 Å². The molecule has 0 aliphatic rings. The molecule has 0 aliphatic heterocycles. The van der Waals surface area contributed by atoms with Gasteiger partial charge in [0.15, 0.2) is 12.3 Å². The van der Waals surface area contributed by atoms with Crippen molar-refractivity contribution in [3.8, 4) is 0 Å². The Hall–Kier alpha value is -2.90. The van der Waals surface area contributed by atoms with Crippen LogP contribution in [0.25, 0.3) is 10.8 Å². The number of hydrogen-bond donors (Lipinski definition) is 1. The zero-order chi connectivity index (χ0) is 21.0. The molecule has 150 valence electrons. The number of halogens is 2. The van der Waals surface area contributed by atoms with Crippen LogP contribution in [0.3, 0.4) is 0 Å². The van der Waals surface area contributed by atoms with Gasteiger partial charge in [0, 0.05) is 11.9 Å². The number of hydrogen-bond acceptors (Lipinski definition) is 5. The van der Waals surface area contributed by atoms with E-state index in [0.29, 0.717) is 29.4 Å². The predicted molar refractivity (Wildman–Crippen MR) is 112 cm³/mol. The molecule has 0 unspecified atom stereocenters. The summed E-state index contributed by atoms with van der Waals surface area (Å²) < 4.78 is 6.34. The van der Waals surface area contributed by atoms with E-state index in [2.05, 4.69) is 10.4 Å². The number of fused-ring (bicyclic) bond motifs is 1. The van der Waals surface area contributed by atoms with Crippen molar-refractivity contribution < 1.29 is 14.3 Å². The fraction of sp³-hybridized carbons (Fsp3) is 0.200. The van der Waals surface area contributed by atoms with Crippen molar-refractivity contribution >= 4 is 51.5 Å². The zero-order valence-corrected chi connectivity index (χ0v) is 17.0. The van der Waals surface area contributed by atoms with Gasteiger partial charge in [0.1, 0.15) is 0 Å². The number of rotatable bonds is 6. The molecule has 9 heteroatoms. The van der Waals surface area contributed by atoms with E-state index in [0.717, 1.165) is 0 Å². The maximum Gasteiger partial charge on any atom is 0.359 e. The second-order valence-electron chi connectivity index (χ2n) is 6.15. The van der Waals surface area contributed by atoms with Gasteiger partial charge in [0.2, 0.25) is 0 Å². The number of carbonyl (C=O) groups excluding carboxylic acids is 2. The van der Waals surface area contributed by atoms with Crippen molar-refractivity contribution in [3.05, 3.63) is 68.6 Å². The molecule has 2 aromatic carbocycles. The summed E-state index contributed by atoms with van der Waals surface area (Å²) in [5.41, 5.74) is -0.00475. The molecule has 0 spiro atoms. The largest absolute Gasteiger partial charge is 0.451 e. The van der Waals surface area contributed by atoms with Crippen molar-refractivity contribution in [2.75, 3.05) is 11.9 Å². The van der Waals surface area contributed by atoms with Gasteiger partial charge in [-0.2, -0.15) is 5.10 Å². The average molecular weight is 434 g/mol. The first kappa shape index (κ1) is 20.8. The van der Waals surface area contributed by atoms with Gasteiger partial charge >= 0.3 is 5.97 Å². The molecule has 1 aromatic heterocycles. The second-order valence-corrected chi connectivity index (χ2v) is 6.93. The summed E-state index contributed by atoms with van der Waals surface area (Å²) in [7, 11) is 0. The normalized spacial score (nSPS) is 10.7. The molecule has 0 saturated carbocycles.